The van der Waals surface area contributed by atoms with E-state index >= 15 is 0 Å². The van der Waals surface area contributed by atoms with Crippen molar-refractivity contribution >= 4 is 11.7 Å². The number of halogens is 1. The molecule has 128 valence electrons. The van der Waals surface area contributed by atoms with Crippen LogP contribution in [0.5, 0.6) is 0 Å². The maximum atomic E-state index is 13.4. The molecule has 0 aliphatic heterocycles. The number of aryl methyl sites for hydroxylation is 2. The summed E-state index contributed by atoms with van der Waals surface area (Å²) in [6.45, 7) is 4.21. The highest BCUT2D eigenvalue weighted by Gasteiger charge is 2.29. The SMILES string of the molecule is Cc1nn(C)c(C)c1NC(=O)N(Cc1cccc(F)c1)C1CCC1. The van der Waals surface area contributed by atoms with Crippen LogP contribution in [0.25, 0.3) is 0 Å². The lowest BCUT2D eigenvalue weighted by Gasteiger charge is -2.37. The van der Waals surface area contributed by atoms with E-state index in [-0.39, 0.29) is 17.9 Å². The molecule has 24 heavy (non-hydrogen) atoms. The number of carbonyl (C=O) groups excluding carboxylic acids is 1. The summed E-state index contributed by atoms with van der Waals surface area (Å²) >= 11 is 0. The summed E-state index contributed by atoms with van der Waals surface area (Å²) in [5, 5.41) is 7.32. The van der Waals surface area contributed by atoms with Crippen LogP contribution in [0, 0.1) is 19.7 Å². The minimum atomic E-state index is -0.277. The van der Waals surface area contributed by atoms with Crippen LogP contribution in [0.15, 0.2) is 24.3 Å². The van der Waals surface area contributed by atoms with Crippen molar-refractivity contribution in [2.75, 3.05) is 5.32 Å². The van der Waals surface area contributed by atoms with Crippen molar-refractivity contribution in [2.24, 2.45) is 7.05 Å². The predicted octanol–water partition coefficient (Wildman–Crippen LogP) is 3.76. The minimum absolute atomic E-state index is 0.150. The monoisotopic (exact) mass is 330 g/mol. The van der Waals surface area contributed by atoms with E-state index in [1.54, 1.807) is 10.7 Å². The van der Waals surface area contributed by atoms with E-state index < -0.39 is 0 Å². The Labute approximate surface area is 141 Å². The molecule has 0 atom stereocenters. The maximum absolute atomic E-state index is 13.4. The zero-order valence-electron chi connectivity index (χ0n) is 14.3. The molecule has 1 N–H and O–H groups in total. The van der Waals surface area contributed by atoms with Crippen LogP contribution in [-0.2, 0) is 13.6 Å². The van der Waals surface area contributed by atoms with Gasteiger partial charge in [0.15, 0.2) is 0 Å². The van der Waals surface area contributed by atoms with Crippen LogP contribution >= 0.6 is 0 Å². The molecule has 1 saturated carbocycles. The number of urea groups is 1. The number of aromatic nitrogens is 2. The first-order valence-corrected chi connectivity index (χ1v) is 8.28. The highest BCUT2D eigenvalue weighted by molar-refractivity contribution is 5.90. The van der Waals surface area contributed by atoms with Crippen LogP contribution in [0.2, 0.25) is 0 Å². The van der Waals surface area contributed by atoms with Crippen LogP contribution in [-0.4, -0.2) is 26.8 Å². The quantitative estimate of drug-likeness (QED) is 0.928. The van der Waals surface area contributed by atoms with E-state index in [1.807, 2.05) is 31.9 Å². The standard InChI is InChI=1S/C18H23FN4O/c1-12-17(13(2)22(3)21-12)20-18(24)23(16-8-5-9-16)11-14-6-4-7-15(19)10-14/h4,6-7,10,16H,5,8-9,11H2,1-3H3,(H,20,24). The normalized spacial score (nSPS) is 14.3. The highest BCUT2D eigenvalue weighted by atomic mass is 19.1. The molecule has 0 unspecified atom stereocenters. The fourth-order valence-corrected chi connectivity index (χ4v) is 3.03. The van der Waals surface area contributed by atoms with E-state index in [1.165, 1.54) is 12.1 Å². The van der Waals surface area contributed by atoms with Crippen molar-refractivity contribution in [2.45, 2.75) is 45.7 Å². The van der Waals surface area contributed by atoms with Crippen LogP contribution in [0.1, 0.15) is 36.2 Å². The highest BCUT2D eigenvalue weighted by Crippen LogP contribution is 2.28. The number of benzene rings is 1. The molecule has 0 bridgehead atoms. The summed E-state index contributed by atoms with van der Waals surface area (Å²) in [6, 6.07) is 6.49. The molecule has 1 fully saturated rings. The Kier molecular flexibility index (Phi) is 4.55. The molecular formula is C18H23FN4O. The summed E-state index contributed by atoms with van der Waals surface area (Å²) in [4.78, 5) is 14.6. The van der Waals surface area contributed by atoms with Crippen molar-refractivity contribution in [3.05, 3.63) is 47.0 Å². The number of nitrogens with zero attached hydrogens (tertiary/aromatic N) is 3. The van der Waals surface area contributed by atoms with Gasteiger partial charge in [0.1, 0.15) is 5.82 Å². The minimum Gasteiger partial charge on any atom is -0.317 e. The molecule has 1 aromatic carbocycles. The van der Waals surface area contributed by atoms with Gasteiger partial charge in [-0.1, -0.05) is 12.1 Å². The molecule has 2 aromatic rings. The number of nitrogens with one attached hydrogen (secondary N) is 1. The maximum Gasteiger partial charge on any atom is 0.322 e. The fourth-order valence-electron chi connectivity index (χ4n) is 3.03. The Hall–Kier alpha value is -2.37. The van der Waals surface area contributed by atoms with E-state index in [2.05, 4.69) is 10.4 Å². The van der Waals surface area contributed by atoms with E-state index in [9.17, 15) is 9.18 Å². The van der Waals surface area contributed by atoms with E-state index in [4.69, 9.17) is 0 Å². The lowest BCUT2D eigenvalue weighted by molar-refractivity contribution is 0.143. The number of anilines is 1. The second-order valence-corrected chi connectivity index (χ2v) is 6.44. The largest absolute Gasteiger partial charge is 0.322 e. The third-order valence-electron chi connectivity index (χ3n) is 4.76. The second-order valence-electron chi connectivity index (χ2n) is 6.44. The molecule has 0 spiro atoms. The summed E-state index contributed by atoms with van der Waals surface area (Å²) in [6.07, 6.45) is 3.12. The first-order valence-electron chi connectivity index (χ1n) is 8.28. The van der Waals surface area contributed by atoms with Gasteiger partial charge in [0.25, 0.3) is 0 Å². The third kappa shape index (κ3) is 3.27. The lowest BCUT2D eigenvalue weighted by Crippen LogP contribution is -2.45. The second kappa shape index (κ2) is 6.63. The Morgan fingerprint density at radius 1 is 1.42 bits per heavy atom. The number of carbonyl (C=O) groups is 1. The molecule has 1 heterocycles. The van der Waals surface area contributed by atoms with E-state index in [0.29, 0.717) is 6.54 Å². The van der Waals surface area contributed by atoms with Crippen molar-refractivity contribution < 1.29 is 9.18 Å². The van der Waals surface area contributed by atoms with Gasteiger partial charge in [0, 0.05) is 19.6 Å². The summed E-state index contributed by atoms with van der Waals surface area (Å²) in [5.74, 6) is -0.277. The summed E-state index contributed by atoms with van der Waals surface area (Å²) < 4.78 is 15.2. The molecule has 1 aromatic heterocycles. The van der Waals surface area contributed by atoms with Gasteiger partial charge in [-0.15, -0.1) is 0 Å². The smallest absolute Gasteiger partial charge is 0.317 e. The molecule has 1 aliphatic rings. The van der Waals surface area contributed by atoms with Crippen LogP contribution < -0.4 is 5.32 Å². The Morgan fingerprint density at radius 3 is 2.71 bits per heavy atom. The molecule has 2 amide bonds. The third-order valence-corrected chi connectivity index (χ3v) is 4.76. The molecule has 5 nitrogen and oxygen atoms in total. The van der Waals surface area contributed by atoms with E-state index in [0.717, 1.165) is 41.9 Å². The molecule has 0 saturated heterocycles. The molecular weight excluding hydrogens is 307 g/mol. The molecule has 3 rings (SSSR count). The van der Waals surface area contributed by atoms with Gasteiger partial charge >= 0.3 is 6.03 Å². The van der Waals surface area contributed by atoms with Gasteiger partial charge in [0.05, 0.1) is 17.1 Å². The summed E-state index contributed by atoms with van der Waals surface area (Å²) in [5.41, 5.74) is 3.27. The summed E-state index contributed by atoms with van der Waals surface area (Å²) in [7, 11) is 1.86. The Bertz CT molecular complexity index is 751. The van der Waals surface area contributed by atoms with Crippen molar-refractivity contribution in [3.8, 4) is 0 Å². The zero-order chi connectivity index (χ0) is 17.3. The van der Waals surface area contributed by atoms with Crippen molar-refractivity contribution in [1.82, 2.24) is 14.7 Å². The lowest BCUT2D eigenvalue weighted by atomic mass is 9.91. The number of amides is 2. The van der Waals surface area contributed by atoms with Crippen molar-refractivity contribution in [1.29, 1.82) is 0 Å². The Balaban J connectivity index is 1.79. The Morgan fingerprint density at radius 2 is 2.17 bits per heavy atom. The molecule has 1 aliphatic carbocycles. The van der Waals surface area contributed by atoms with Gasteiger partial charge in [-0.3, -0.25) is 4.68 Å². The number of hydrogen-bond acceptors (Lipinski definition) is 2. The topological polar surface area (TPSA) is 50.2 Å². The molecule has 6 heteroatoms. The van der Waals surface area contributed by atoms with Crippen LogP contribution in [0.4, 0.5) is 14.9 Å². The first kappa shape index (κ1) is 16.5. The number of hydrogen-bond donors (Lipinski definition) is 1. The molecule has 0 radical (unpaired) electrons. The fraction of sp³-hybridized carbons (Fsp3) is 0.444. The van der Waals surface area contributed by atoms with Crippen LogP contribution in [0.3, 0.4) is 0 Å². The zero-order valence-corrected chi connectivity index (χ0v) is 14.3. The van der Waals surface area contributed by atoms with Gasteiger partial charge in [0.2, 0.25) is 0 Å². The first-order chi connectivity index (χ1) is 11.5. The van der Waals surface area contributed by atoms with Crippen molar-refractivity contribution in [3.63, 3.8) is 0 Å². The van der Waals surface area contributed by atoms with Gasteiger partial charge < -0.3 is 10.2 Å². The van der Waals surface area contributed by atoms with Gasteiger partial charge in [-0.05, 0) is 50.8 Å². The van der Waals surface area contributed by atoms with Gasteiger partial charge in [-0.2, -0.15) is 5.10 Å². The average Bonchev–Trinajstić information content (AvgIpc) is 2.71. The number of rotatable bonds is 4. The average molecular weight is 330 g/mol. The predicted molar refractivity (Wildman–Crippen MR) is 91.3 cm³/mol. The van der Waals surface area contributed by atoms with Gasteiger partial charge in [-0.25, -0.2) is 9.18 Å².